The van der Waals surface area contributed by atoms with Crippen LogP contribution in [-0.4, -0.2) is 74.6 Å². The minimum Gasteiger partial charge on any atom is -0.384 e. The van der Waals surface area contributed by atoms with Gasteiger partial charge in [0.25, 0.3) is 0 Å². The third-order valence-corrected chi connectivity index (χ3v) is 5.08. The van der Waals surface area contributed by atoms with Crippen molar-refractivity contribution < 1.29 is 28.5 Å². The number of nitrogens with zero attached hydrogens (tertiary/aromatic N) is 1. The number of ether oxygens (including phenoxy) is 4. The molecule has 0 aromatic heterocycles. The van der Waals surface area contributed by atoms with E-state index in [2.05, 4.69) is 6.92 Å². The Bertz CT molecular complexity index is 561. The van der Waals surface area contributed by atoms with Gasteiger partial charge in [0.1, 0.15) is 18.3 Å². The van der Waals surface area contributed by atoms with Crippen LogP contribution >= 0.6 is 0 Å². The Morgan fingerprint density at radius 1 is 1.15 bits per heavy atom. The van der Waals surface area contributed by atoms with E-state index in [-0.39, 0.29) is 12.1 Å². The number of quaternary nitrogens is 1. The zero-order chi connectivity index (χ0) is 18.7. The average molecular weight is 366 g/mol. The van der Waals surface area contributed by atoms with Crippen LogP contribution in [0.25, 0.3) is 0 Å². The molecule has 0 radical (unpaired) electrons. The largest absolute Gasteiger partial charge is 0.384 e. The van der Waals surface area contributed by atoms with Gasteiger partial charge in [-0.3, -0.25) is 0 Å². The van der Waals surface area contributed by atoms with Gasteiger partial charge in [0.05, 0.1) is 27.7 Å². The summed E-state index contributed by atoms with van der Waals surface area (Å²) >= 11 is 0. The highest BCUT2D eigenvalue weighted by Crippen LogP contribution is 2.36. The van der Waals surface area contributed by atoms with Gasteiger partial charge in [0.2, 0.25) is 6.29 Å². The molecule has 0 saturated carbocycles. The fourth-order valence-corrected chi connectivity index (χ4v) is 3.66. The lowest BCUT2D eigenvalue weighted by Gasteiger charge is -2.51. The Hall–Kier alpha value is -1.02. The highest BCUT2D eigenvalue weighted by Gasteiger charge is 2.54. The zero-order valence-corrected chi connectivity index (χ0v) is 16.2. The van der Waals surface area contributed by atoms with E-state index in [9.17, 15) is 5.11 Å². The topological polar surface area (TPSA) is 57.2 Å². The van der Waals surface area contributed by atoms with E-state index in [0.29, 0.717) is 17.7 Å². The lowest BCUT2D eigenvalue weighted by atomic mass is 9.94. The Morgan fingerprint density at radius 2 is 1.88 bits per heavy atom. The minimum atomic E-state index is -0.699. The number of rotatable bonds is 6. The van der Waals surface area contributed by atoms with Gasteiger partial charge in [-0.05, 0) is 6.42 Å². The first-order valence-electron chi connectivity index (χ1n) is 9.50. The summed E-state index contributed by atoms with van der Waals surface area (Å²) in [6.07, 6.45) is -0.407. The first-order valence-corrected chi connectivity index (χ1v) is 9.50. The normalized spacial score (nSPS) is 35.1. The molecular weight excluding hydrogens is 334 g/mol. The second-order valence-corrected chi connectivity index (χ2v) is 8.04. The quantitative estimate of drug-likeness (QED) is 0.617. The van der Waals surface area contributed by atoms with Gasteiger partial charge < -0.3 is 28.5 Å². The molecule has 3 rings (SSSR count). The summed E-state index contributed by atoms with van der Waals surface area (Å²) in [5.41, 5.74) is 0.946. The Balaban J connectivity index is 1.75. The van der Waals surface area contributed by atoms with Crippen molar-refractivity contribution in [3.63, 3.8) is 0 Å². The highest BCUT2D eigenvalue weighted by molar-refractivity contribution is 5.16. The molecule has 2 heterocycles. The van der Waals surface area contributed by atoms with E-state index in [1.165, 1.54) is 0 Å². The maximum atomic E-state index is 11.1. The number of hydrogen-bond donors (Lipinski definition) is 1. The number of hydrogen-bond acceptors (Lipinski definition) is 5. The summed E-state index contributed by atoms with van der Waals surface area (Å²) in [6, 6.07) is 9.56. The lowest BCUT2D eigenvalue weighted by molar-refractivity contribution is -0.910. The molecule has 0 spiro atoms. The van der Waals surface area contributed by atoms with Crippen molar-refractivity contribution in [1.29, 1.82) is 0 Å². The minimum absolute atomic E-state index is 0.234. The Morgan fingerprint density at radius 3 is 2.54 bits per heavy atom. The van der Waals surface area contributed by atoms with Crippen LogP contribution in [0.5, 0.6) is 0 Å². The molecule has 1 aromatic rings. The Labute approximate surface area is 156 Å². The van der Waals surface area contributed by atoms with Crippen LogP contribution < -0.4 is 0 Å². The van der Waals surface area contributed by atoms with Crippen molar-refractivity contribution in [2.75, 3.05) is 34.4 Å². The van der Waals surface area contributed by atoms with E-state index in [4.69, 9.17) is 18.9 Å². The van der Waals surface area contributed by atoms with Crippen LogP contribution in [0.4, 0.5) is 0 Å². The molecule has 0 bridgehead atoms. The average Bonchev–Trinajstić information content (AvgIpc) is 2.61. The molecule has 0 aliphatic carbocycles. The predicted octanol–water partition coefficient (Wildman–Crippen LogP) is 2.08. The molecule has 2 aliphatic rings. The lowest BCUT2D eigenvalue weighted by Crippen LogP contribution is -2.69. The summed E-state index contributed by atoms with van der Waals surface area (Å²) in [6.45, 7) is 3.12. The second-order valence-electron chi connectivity index (χ2n) is 8.04. The third kappa shape index (κ3) is 4.27. The van der Waals surface area contributed by atoms with E-state index >= 15 is 0 Å². The summed E-state index contributed by atoms with van der Waals surface area (Å²) in [5.74, 6) is 0. The first-order chi connectivity index (χ1) is 12.4. The predicted molar refractivity (Wildman–Crippen MR) is 97.4 cm³/mol. The molecule has 146 valence electrons. The van der Waals surface area contributed by atoms with Gasteiger partial charge in [-0.15, -0.1) is 0 Å². The third-order valence-electron chi connectivity index (χ3n) is 5.08. The maximum Gasteiger partial charge on any atom is 0.213 e. The number of aliphatic hydroxyl groups is 1. The molecule has 26 heavy (non-hydrogen) atoms. The summed E-state index contributed by atoms with van der Waals surface area (Å²) < 4.78 is 24.7. The van der Waals surface area contributed by atoms with Crippen LogP contribution in [0.15, 0.2) is 30.3 Å². The SMILES string of the molecule is CCCCOC1OC2COC(c3ccccc3)OC2C(O)C1[N+](C)(C)C. The van der Waals surface area contributed by atoms with Crippen molar-refractivity contribution in [1.82, 2.24) is 0 Å². The fraction of sp³-hybridized carbons (Fsp3) is 0.700. The first kappa shape index (κ1) is 19.7. The van der Waals surface area contributed by atoms with Gasteiger partial charge >= 0.3 is 0 Å². The molecule has 6 atom stereocenters. The van der Waals surface area contributed by atoms with Crippen molar-refractivity contribution in [2.45, 2.75) is 56.7 Å². The van der Waals surface area contributed by atoms with Crippen molar-refractivity contribution >= 4 is 0 Å². The molecule has 6 heteroatoms. The number of likely N-dealkylation sites (N-methyl/N-ethyl adjacent to an activating group) is 1. The van der Waals surface area contributed by atoms with Gasteiger partial charge in [0, 0.05) is 12.2 Å². The molecule has 2 fully saturated rings. The van der Waals surface area contributed by atoms with Crippen LogP contribution in [-0.2, 0) is 18.9 Å². The smallest absolute Gasteiger partial charge is 0.213 e. The number of benzene rings is 1. The van der Waals surface area contributed by atoms with Crippen molar-refractivity contribution in [3.05, 3.63) is 35.9 Å². The summed E-state index contributed by atoms with van der Waals surface area (Å²) in [5, 5.41) is 11.1. The molecule has 1 N–H and O–H groups in total. The molecule has 6 unspecified atom stereocenters. The van der Waals surface area contributed by atoms with Gasteiger partial charge in [-0.25, -0.2) is 0 Å². The highest BCUT2D eigenvalue weighted by atomic mass is 16.7. The van der Waals surface area contributed by atoms with E-state index in [1.54, 1.807) is 0 Å². The van der Waals surface area contributed by atoms with E-state index in [0.717, 1.165) is 18.4 Å². The summed E-state index contributed by atoms with van der Waals surface area (Å²) in [7, 11) is 6.13. The van der Waals surface area contributed by atoms with E-state index < -0.39 is 24.8 Å². The van der Waals surface area contributed by atoms with Gasteiger partial charge in [0.15, 0.2) is 12.3 Å². The molecule has 2 aliphatic heterocycles. The monoisotopic (exact) mass is 366 g/mol. The number of unbranched alkanes of at least 4 members (excludes halogenated alkanes) is 1. The molecular formula is C20H32NO5+. The Kier molecular flexibility index (Phi) is 6.33. The molecule has 0 amide bonds. The van der Waals surface area contributed by atoms with Gasteiger partial charge in [-0.2, -0.15) is 0 Å². The van der Waals surface area contributed by atoms with Crippen LogP contribution in [0, 0.1) is 0 Å². The number of aliphatic hydroxyl groups excluding tert-OH is 1. The summed E-state index contributed by atoms with van der Waals surface area (Å²) in [4.78, 5) is 0. The fourth-order valence-electron chi connectivity index (χ4n) is 3.66. The zero-order valence-electron chi connectivity index (χ0n) is 16.2. The number of fused-ring (bicyclic) bond motifs is 1. The van der Waals surface area contributed by atoms with Crippen LogP contribution in [0.1, 0.15) is 31.6 Å². The van der Waals surface area contributed by atoms with E-state index in [1.807, 2.05) is 51.5 Å². The molecule has 6 nitrogen and oxygen atoms in total. The standard InChI is InChI=1S/C20H32NO5/c1-5-6-12-23-20-16(21(2,3)4)17(22)18-15(25-20)13-24-19(26-18)14-10-8-7-9-11-14/h7-11,15-20,22H,5-6,12-13H2,1-4H3/q+1. The van der Waals surface area contributed by atoms with Crippen molar-refractivity contribution in [3.8, 4) is 0 Å². The second kappa shape index (κ2) is 8.33. The van der Waals surface area contributed by atoms with Crippen molar-refractivity contribution in [2.24, 2.45) is 0 Å². The molecule has 1 aromatic carbocycles. The maximum absolute atomic E-state index is 11.1. The molecule has 2 saturated heterocycles. The van der Waals surface area contributed by atoms with Gasteiger partial charge in [-0.1, -0.05) is 43.7 Å². The van der Waals surface area contributed by atoms with Crippen LogP contribution in [0.2, 0.25) is 0 Å². The van der Waals surface area contributed by atoms with Crippen LogP contribution in [0.3, 0.4) is 0 Å².